The third kappa shape index (κ3) is 2.39. The number of hydrogen-bond donors (Lipinski definition) is 0. The van der Waals surface area contributed by atoms with E-state index in [9.17, 15) is 0 Å². The van der Waals surface area contributed by atoms with Crippen LogP contribution in [0.3, 0.4) is 0 Å². The molecule has 1 aliphatic heterocycles. The average molecular weight is 239 g/mol. The molecule has 0 amide bonds. The Balaban J connectivity index is 1.87. The van der Waals surface area contributed by atoms with Crippen molar-refractivity contribution in [2.75, 3.05) is 18.1 Å². The van der Waals surface area contributed by atoms with Gasteiger partial charge >= 0.3 is 0 Å². The minimum Gasteiger partial charge on any atom is -0.371 e. The van der Waals surface area contributed by atoms with Crippen LogP contribution in [-0.4, -0.2) is 25.3 Å². The highest BCUT2D eigenvalue weighted by Gasteiger charge is 2.29. The van der Waals surface area contributed by atoms with Crippen molar-refractivity contribution < 1.29 is 4.74 Å². The maximum absolute atomic E-state index is 5.37. The molecule has 0 spiro atoms. The first-order chi connectivity index (χ1) is 8.84. The third-order valence-electron chi connectivity index (χ3n) is 3.32. The molecular weight excluding hydrogens is 222 g/mol. The Kier molecular flexibility index (Phi) is 3.03. The molecule has 92 valence electrons. The van der Waals surface area contributed by atoms with Crippen molar-refractivity contribution in [3.05, 3.63) is 66.8 Å². The van der Waals surface area contributed by atoms with Gasteiger partial charge in [0, 0.05) is 12.2 Å². The molecule has 2 unspecified atom stereocenters. The molecule has 2 aliphatic rings. The van der Waals surface area contributed by atoms with Gasteiger partial charge in [-0.05, 0) is 17.7 Å². The van der Waals surface area contributed by atoms with E-state index in [1.54, 1.807) is 0 Å². The van der Waals surface area contributed by atoms with Gasteiger partial charge in [0.25, 0.3) is 0 Å². The third-order valence-corrected chi connectivity index (χ3v) is 3.32. The number of nitrogens with zero attached hydrogens (tertiary/aromatic N) is 1. The SMILES string of the molecule is C=C1C=CC=CC1N(CC1CO1)c1ccccc1. The lowest BCUT2D eigenvalue weighted by atomic mass is 10.0. The van der Waals surface area contributed by atoms with E-state index < -0.39 is 0 Å². The molecule has 0 N–H and O–H groups in total. The number of para-hydroxylation sites is 1. The van der Waals surface area contributed by atoms with Gasteiger partial charge in [-0.25, -0.2) is 0 Å². The molecule has 0 radical (unpaired) electrons. The highest BCUT2D eigenvalue weighted by molar-refractivity contribution is 5.53. The molecule has 0 saturated carbocycles. The summed E-state index contributed by atoms with van der Waals surface area (Å²) in [5.74, 6) is 0. The van der Waals surface area contributed by atoms with E-state index in [0.717, 1.165) is 18.7 Å². The van der Waals surface area contributed by atoms with Crippen molar-refractivity contribution in [2.45, 2.75) is 12.1 Å². The highest BCUT2D eigenvalue weighted by Crippen LogP contribution is 2.26. The first kappa shape index (κ1) is 11.3. The van der Waals surface area contributed by atoms with Crippen LogP contribution in [0.4, 0.5) is 5.69 Å². The van der Waals surface area contributed by atoms with E-state index in [4.69, 9.17) is 4.74 Å². The van der Waals surface area contributed by atoms with Crippen molar-refractivity contribution >= 4 is 5.69 Å². The summed E-state index contributed by atoms with van der Waals surface area (Å²) in [4.78, 5) is 2.36. The fraction of sp³-hybridized carbons (Fsp3) is 0.250. The van der Waals surface area contributed by atoms with Crippen LogP contribution in [0.2, 0.25) is 0 Å². The second-order valence-electron chi connectivity index (χ2n) is 4.71. The zero-order valence-electron chi connectivity index (χ0n) is 10.3. The van der Waals surface area contributed by atoms with Gasteiger partial charge in [-0.3, -0.25) is 0 Å². The molecule has 1 heterocycles. The summed E-state index contributed by atoms with van der Waals surface area (Å²) in [6.07, 6.45) is 8.77. The minimum atomic E-state index is 0.238. The lowest BCUT2D eigenvalue weighted by molar-refractivity contribution is 0.406. The molecule has 0 aromatic heterocycles. The quantitative estimate of drug-likeness (QED) is 0.751. The summed E-state index contributed by atoms with van der Waals surface area (Å²) in [5.41, 5.74) is 2.35. The predicted octanol–water partition coefficient (Wildman–Crippen LogP) is 2.94. The minimum absolute atomic E-state index is 0.238. The van der Waals surface area contributed by atoms with Crippen molar-refractivity contribution in [2.24, 2.45) is 0 Å². The zero-order chi connectivity index (χ0) is 12.4. The van der Waals surface area contributed by atoms with E-state index >= 15 is 0 Å². The van der Waals surface area contributed by atoms with Crippen molar-refractivity contribution in [1.29, 1.82) is 0 Å². The molecule has 0 bridgehead atoms. The van der Waals surface area contributed by atoms with Crippen LogP contribution in [0.25, 0.3) is 0 Å². The molecule has 2 atom stereocenters. The Hall–Kier alpha value is -1.80. The second kappa shape index (κ2) is 4.83. The molecule has 1 aromatic carbocycles. The van der Waals surface area contributed by atoms with E-state index in [0.29, 0.717) is 6.10 Å². The van der Waals surface area contributed by atoms with E-state index in [1.165, 1.54) is 5.69 Å². The highest BCUT2D eigenvalue weighted by atomic mass is 16.6. The second-order valence-corrected chi connectivity index (χ2v) is 4.71. The summed E-state index contributed by atoms with van der Waals surface area (Å²) in [5, 5.41) is 0. The van der Waals surface area contributed by atoms with Gasteiger partial charge < -0.3 is 9.64 Å². The number of allylic oxidation sites excluding steroid dienone is 2. The standard InChI is InChI=1S/C16H17NO/c1-13-7-5-6-10-16(13)17(11-15-12-18-15)14-8-3-2-4-9-14/h2-10,15-16H,1,11-12H2. The molecule has 1 aliphatic carbocycles. The van der Waals surface area contributed by atoms with E-state index in [-0.39, 0.29) is 6.04 Å². The van der Waals surface area contributed by atoms with Crippen LogP contribution in [-0.2, 0) is 4.74 Å². The Bertz CT molecular complexity index is 485. The van der Waals surface area contributed by atoms with Crippen LogP contribution in [0.15, 0.2) is 66.8 Å². The number of ether oxygens (including phenoxy) is 1. The molecule has 3 rings (SSSR count). The van der Waals surface area contributed by atoms with Crippen molar-refractivity contribution in [3.63, 3.8) is 0 Å². The normalized spacial score (nSPS) is 25.2. The number of benzene rings is 1. The van der Waals surface area contributed by atoms with E-state index in [1.807, 2.05) is 12.1 Å². The predicted molar refractivity (Wildman–Crippen MR) is 74.7 cm³/mol. The maximum Gasteiger partial charge on any atom is 0.0984 e. The lowest BCUT2D eigenvalue weighted by Crippen LogP contribution is -2.38. The monoisotopic (exact) mass is 239 g/mol. The molecule has 1 fully saturated rings. The summed E-state index contributed by atoms with van der Waals surface area (Å²) in [6.45, 7) is 5.95. The molecular formula is C16H17NO. The molecule has 18 heavy (non-hydrogen) atoms. The molecule has 1 saturated heterocycles. The van der Waals surface area contributed by atoms with Gasteiger partial charge in [0.15, 0.2) is 0 Å². The van der Waals surface area contributed by atoms with Crippen molar-refractivity contribution in [3.8, 4) is 0 Å². The largest absolute Gasteiger partial charge is 0.371 e. The van der Waals surface area contributed by atoms with Crippen LogP contribution in [0, 0.1) is 0 Å². The summed E-state index contributed by atoms with van der Waals surface area (Å²) in [6, 6.07) is 10.7. The van der Waals surface area contributed by atoms with Gasteiger partial charge in [0.2, 0.25) is 0 Å². The van der Waals surface area contributed by atoms with Crippen LogP contribution in [0.1, 0.15) is 0 Å². The van der Waals surface area contributed by atoms with Gasteiger partial charge in [-0.1, -0.05) is 49.1 Å². The number of anilines is 1. The summed E-state index contributed by atoms with van der Waals surface area (Å²) < 4.78 is 5.37. The first-order valence-electron chi connectivity index (χ1n) is 6.31. The number of epoxide rings is 1. The Morgan fingerprint density at radius 3 is 2.67 bits per heavy atom. The Morgan fingerprint density at radius 1 is 1.22 bits per heavy atom. The van der Waals surface area contributed by atoms with Crippen LogP contribution in [0.5, 0.6) is 0 Å². The molecule has 2 nitrogen and oxygen atoms in total. The molecule has 1 aromatic rings. The fourth-order valence-electron chi connectivity index (χ4n) is 2.27. The summed E-state index contributed by atoms with van der Waals surface area (Å²) in [7, 11) is 0. The van der Waals surface area contributed by atoms with Crippen LogP contribution < -0.4 is 4.90 Å². The number of hydrogen-bond acceptors (Lipinski definition) is 2. The first-order valence-corrected chi connectivity index (χ1v) is 6.31. The fourth-order valence-corrected chi connectivity index (χ4v) is 2.27. The van der Waals surface area contributed by atoms with Gasteiger partial charge in [0.05, 0.1) is 18.8 Å². The molecule has 2 heteroatoms. The maximum atomic E-state index is 5.37. The smallest absolute Gasteiger partial charge is 0.0984 e. The van der Waals surface area contributed by atoms with Gasteiger partial charge in [-0.2, -0.15) is 0 Å². The Morgan fingerprint density at radius 2 is 2.00 bits per heavy atom. The lowest BCUT2D eigenvalue weighted by Gasteiger charge is -2.33. The van der Waals surface area contributed by atoms with Crippen molar-refractivity contribution in [1.82, 2.24) is 0 Å². The number of rotatable bonds is 4. The summed E-state index contributed by atoms with van der Waals surface area (Å²) >= 11 is 0. The zero-order valence-corrected chi connectivity index (χ0v) is 10.3. The Labute approximate surface area is 108 Å². The van der Waals surface area contributed by atoms with Gasteiger partial charge in [-0.15, -0.1) is 0 Å². The average Bonchev–Trinajstić information content (AvgIpc) is 3.22. The van der Waals surface area contributed by atoms with E-state index in [2.05, 4.69) is 54.0 Å². The topological polar surface area (TPSA) is 15.8 Å². The van der Waals surface area contributed by atoms with Crippen LogP contribution >= 0.6 is 0 Å². The van der Waals surface area contributed by atoms with Gasteiger partial charge in [0.1, 0.15) is 0 Å².